The van der Waals surface area contributed by atoms with Crippen molar-refractivity contribution in [3.05, 3.63) is 64.7 Å². The second-order valence-electron chi connectivity index (χ2n) is 8.33. The lowest BCUT2D eigenvalue weighted by molar-refractivity contribution is -0.384. The zero-order chi connectivity index (χ0) is 27.3. The summed E-state index contributed by atoms with van der Waals surface area (Å²) in [5.74, 6) is -0.242. The van der Waals surface area contributed by atoms with Crippen LogP contribution in [0.4, 0.5) is 16.2 Å². The van der Waals surface area contributed by atoms with Crippen molar-refractivity contribution in [2.75, 3.05) is 18.0 Å². The fourth-order valence-electron chi connectivity index (χ4n) is 3.49. The van der Waals surface area contributed by atoms with Crippen LogP contribution in [0.3, 0.4) is 0 Å². The summed E-state index contributed by atoms with van der Waals surface area (Å²) in [5, 5.41) is 20.8. The van der Waals surface area contributed by atoms with Crippen LogP contribution in [0.25, 0.3) is 0 Å². The van der Waals surface area contributed by atoms with Crippen LogP contribution in [0, 0.1) is 16.0 Å². The van der Waals surface area contributed by atoms with Gasteiger partial charge in [-0.25, -0.2) is 17.8 Å². The molecule has 0 spiro atoms. The summed E-state index contributed by atoms with van der Waals surface area (Å²) in [6.45, 7) is 4.06. The summed E-state index contributed by atoms with van der Waals surface area (Å²) in [6, 6.07) is 10.6. The molecular weight excluding hydrogens is 517 g/mol. The largest absolute Gasteiger partial charge is 0.469 e. The number of nitrogens with zero attached hydrogens (tertiary/aromatic N) is 3. The van der Waals surface area contributed by atoms with Gasteiger partial charge >= 0.3 is 13.9 Å². The standard InChI is InChI=1S/C21H28N3O10PS/c1-15(2)13-22(36(32,33)19-11-9-18(10-12-19)24(27)28)14-20(34-35(29,30)31)16(3)23(21(25)26)17-7-5-4-6-8-17/h4-12,15-16,20H,13-14H2,1-3H3,(H,25,26)(H2,29,30,31)/t16-,20+/m0/s1. The van der Waals surface area contributed by atoms with Gasteiger partial charge in [-0.3, -0.25) is 19.5 Å². The summed E-state index contributed by atoms with van der Waals surface area (Å²) in [6.07, 6.45) is -3.03. The van der Waals surface area contributed by atoms with E-state index in [1.165, 1.54) is 19.1 Å². The number of para-hydroxylation sites is 1. The zero-order valence-corrected chi connectivity index (χ0v) is 21.4. The second-order valence-corrected chi connectivity index (χ2v) is 11.5. The molecule has 0 heterocycles. The van der Waals surface area contributed by atoms with E-state index in [9.17, 15) is 42.8 Å². The van der Waals surface area contributed by atoms with Crippen molar-refractivity contribution in [3.63, 3.8) is 0 Å². The highest BCUT2D eigenvalue weighted by Crippen LogP contribution is 2.40. The molecular formula is C21H28N3O10PS. The van der Waals surface area contributed by atoms with Crippen LogP contribution in [0.1, 0.15) is 20.8 Å². The summed E-state index contributed by atoms with van der Waals surface area (Å²) in [7, 11) is -9.51. The number of hydrogen-bond donors (Lipinski definition) is 3. The Bertz CT molecular complexity index is 1200. The molecule has 2 rings (SSSR count). The van der Waals surface area contributed by atoms with E-state index in [1.807, 2.05) is 0 Å². The van der Waals surface area contributed by atoms with Crippen molar-refractivity contribution in [1.82, 2.24) is 4.31 Å². The van der Waals surface area contributed by atoms with Crippen molar-refractivity contribution in [1.29, 1.82) is 0 Å². The first-order valence-corrected chi connectivity index (χ1v) is 13.7. The van der Waals surface area contributed by atoms with E-state index in [0.717, 1.165) is 33.5 Å². The van der Waals surface area contributed by atoms with Crippen LogP contribution in [0.15, 0.2) is 59.5 Å². The Morgan fingerprint density at radius 1 is 1.06 bits per heavy atom. The van der Waals surface area contributed by atoms with Gasteiger partial charge < -0.3 is 14.9 Å². The number of phosphoric ester groups is 1. The van der Waals surface area contributed by atoms with Crippen molar-refractivity contribution in [2.45, 2.75) is 37.8 Å². The molecule has 2 aromatic carbocycles. The van der Waals surface area contributed by atoms with E-state index in [-0.39, 0.29) is 28.7 Å². The Labute approximate surface area is 208 Å². The highest BCUT2D eigenvalue weighted by Gasteiger charge is 2.38. The Morgan fingerprint density at radius 3 is 2.06 bits per heavy atom. The molecule has 0 aliphatic heterocycles. The van der Waals surface area contributed by atoms with Crippen LogP contribution < -0.4 is 4.90 Å². The fraction of sp³-hybridized carbons (Fsp3) is 0.381. The number of anilines is 1. The molecule has 1 amide bonds. The lowest BCUT2D eigenvalue weighted by Crippen LogP contribution is -2.51. The van der Waals surface area contributed by atoms with Gasteiger partial charge in [-0.1, -0.05) is 32.0 Å². The van der Waals surface area contributed by atoms with E-state index < -0.39 is 47.6 Å². The number of benzene rings is 2. The number of nitro benzene ring substituents is 1. The van der Waals surface area contributed by atoms with E-state index in [0.29, 0.717) is 0 Å². The number of hydrogen-bond acceptors (Lipinski definition) is 7. The van der Waals surface area contributed by atoms with E-state index in [4.69, 9.17) is 4.52 Å². The Balaban J connectivity index is 2.51. The normalized spacial score (nSPS) is 14.0. The van der Waals surface area contributed by atoms with Crippen molar-refractivity contribution in [3.8, 4) is 0 Å². The van der Waals surface area contributed by atoms with Gasteiger partial charge in [0.25, 0.3) is 5.69 Å². The maximum atomic E-state index is 13.4. The molecule has 2 atom stereocenters. The predicted molar refractivity (Wildman–Crippen MR) is 130 cm³/mol. The van der Waals surface area contributed by atoms with Gasteiger partial charge in [0.2, 0.25) is 10.0 Å². The van der Waals surface area contributed by atoms with Crippen molar-refractivity contribution in [2.24, 2.45) is 5.92 Å². The number of carbonyl (C=O) groups is 1. The van der Waals surface area contributed by atoms with Gasteiger partial charge in [0.1, 0.15) is 6.10 Å². The van der Waals surface area contributed by atoms with E-state index in [2.05, 4.69) is 0 Å². The van der Waals surface area contributed by atoms with Crippen LogP contribution in [-0.2, 0) is 19.1 Å². The molecule has 15 heteroatoms. The number of non-ortho nitro benzene ring substituents is 1. The summed E-state index contributed by atoms with van der Waals surface area (Å²) < 4.78 is 44.4. The van der Waals surface area contributed by atoms with E-state index >= 15 is 0 Å². The molecule has 0 radical (unpaired) electrons. The SMILES string of the molecule is CC(C)CN(C[C@@H](OP(=O)(O)O)[C@H](C)N(C(=O)O)c1ccccc1)S(=O)(=O)c1ccc([N+](=O)[O-])cc1. The summed E-state index contributed by atoms with van der Waals surface area (Å²) >= 11 is 0. The highest BCUT2D eigenvalue weighted by molar-refractivity contribution is 7.89. The molecule has 0 bridgehead atoms. The molecule has 0 unspecified atom stereocenters. The lowest BCUT2D eigenvalue weighted by Gasteiger charge is -2.35. The third-order valence-electron chi connectivity index (χ3n) is 5.10. The van der Waals surface area contributed by atoms with Gasteiger partial charge in [-0.05, 0) is 37.1 Å². The minimum atomic E-state index is -5.19. The molecule has 0 aliphatic rings. The minimum Gasteiger partial charge on any atom is -0.465 e. The third kappa shape index (κ3) is 7.82. The molecule has 0 saturated carbocycles. The van der Waals surface area contributed by atoms with Gasteiger partial charge in [0.05, 0.1) is 15.9 Å². The first kappa shape index (κ1) is 29.4. The second kappa shape index (κ2) is 11.9. The number of phosphoric acid groups is 1. The summed E-state index contributed by atoms with van der Waals surface area (Å²) in [4.78, 5) is 41.9. The van der Waals surface area contributed by atoms with Crippen molar-refractivity contribution < 1.29 is 42.1 Å². The van der Waals surface area contributed by atoms with Crippen LogP contribution in [0.2, 0.25) is 0 Å². The molecule has 36 heavy (non-hydrogen) atoms. The predicted octanol–water partition coefficient (Wildman–Crippen LogP) is 3.29. The van der Waals surface area contributed by atoms with Crippen LogP contribution in [0.5, 0.6) is 0 Å². The Kier molecular flexibility index (Phi) is 9.71. The molecule has 198 valence electrons. The van der Waals surface area contributed by atoms with Gasteiger partial charge in [-0.2, -0.15) is 4.31 Å². The third-order valence-corrected chi connectivity index (χ3v) is 7.49. The Morgan fingerprint density at radius 2 is 1.61 bits per heavy atom. The maximum Gasteiger partial charge on any atom is 0.469 e. The van der Waals surface area contributed by atoms with Crippen LogP contribution >= 0.6 is 7.82 Å². The van der Waals surface area contributed by atoms with Crippen molar-refractivity contribution >= 4 is 35.3 Å². The molecule has 0 aromatic heterocycles. The summed E-state index contributed by atoms with van der Waals surface area (Å²) in [5.41, 5.74) is -0.133. The smallest absolute Gasteiger partial charge is 0.465 e. The molecule has 0 aliphatic carbocycles. The monoisotopic (exact) mass is 545 g/mol. The van der Waals surface area contributed by atoms with E-state index in [1.54, 1.807) is 32.0 Å². The van der Waals surface area contributed by atoms with Crippen LogP contribution in [-0.4, -0.2) is 63.9 Å². The number of rotatable bonds is 12. The average Bonchev–Trinajstić information content (AvgIpc) is 2.77. The quantitative estimate of drug-likeness (QED) is 0.203. The zero-order valence-electron chi connectivity index (χ0n) is 19.7. The minimum absolute atomic E-state index is 0.106. The number of carboxylic acid groups (broad SMARTS) is 1. The maximum absolute atomic E-state index is 13.4. The lowest BCUT2D eigenvalue weighted by atomic mass is 10.1. The topological polar surface area (TPSA) is 188 Å². The number of amides is 1. The molecule has 2 aromatic rings. The fourth-order valence-corrected chi connectivity index (χ4v) is 5.70. The molecule has 3 N–H and O–H groups in total. The Hall–Kier alpha value is -2.87. The van der Waals surface area contributed by atoms with Gasteiger partial charge in [0, 0.05) is 30.9 Å². The molecule has 0 fully saturated rings. The molecule has 0 saturated heterocycles. The average molecular weight is 546 g/mol. The highest BCUT2D eigenvalue weighted by atomic mass is 32.2. The van der Waals surface area contributed by atoms with Gasteiger partial charge in [0.15, 0.2) is 0 Å². The first-order valence-electron chi connectivity index (χ1n) is 10.7. The first-order chi connectivity index (χ1) is 16.6. The number of sulfonamides is 1. The van der Waals surface area contributed by atoms with Gasteiger partial charge in [-0.15, -0.1) is 0 Å². The molecule has 13 nitrogen and oxygen atoms in total. The number of nitro groups is 1.